The third-order valence-electron chi connectivity index (χ3n) is 0. The fraction of sp³-hybridized carbons (Fsp3) is 0. The second-order valence-electron chi connectivity index (χ2n) is 1.26. The van der Waals surface area contributed by atoms with Gasteiger partial charge in [0.15, 0.2) is 0 Å². The Kier molecular flexibility index (Phi) is 62.0. The van der Waals surface area contributed by atoms with Crippen LogP contribution >= 0.6 is 41.7 Å². The van der Waals surface area contributed by atoms with Crippen LogP contribution in [0.25, 0.3) is 0 Å². The van der Waals surface area contributed by atoms with Crippen molar-refractivity contribution in [3.63, 3.8) is 0 Å². The van der Waals surface area contributed by atoms with Crippen LogP contribution in [0, 0.1) is 0 Å². The molecule has 0 aliphatic heterocycles. The average molecular weight is 559 g/mol. The molecular weight excluding hydrogens is 547 g/mol. The molecule has 0 aromatic carbocycles. The molecule has 21 heteroatoms. The van der Waals surface area contributed by atoms with Gasteiger partial charge in [-0.3, -0.25) is 22.8 Å². The Hall–Kier alpha value is 2.17. The first-order valence-corrected chi connectivity index (χ1v) is 9.25. The van der Waals surface area contributed by atoms with Crippen LogP contribution in [-0.4, -0.2) is 73.3 Å². The molecule has 21 heavy (non-hydrogen) atoms. The van der Waals surface area contributed by atoms with E-state index in [1.165, 1.54) is 0 Å². The zero-order chi connectivity index (χ0) is 17.9. The third-order valence-corrected chi connectivity index (χ3v) is 0. The summed E-state index contributed by atoms with van der Waals surface area (Å²) in [6.07, 6.45) is 0. The standard InChI is InChI=1S/Ba.5FH2O2P.2H/c;5*1-4(2)3;;/h;5*4H,(H,2,3);;. The summed E-state index contributed by atoms with van der Waals surface area (Å²) < 4.78 is 93.1. The van der Waals surface area contributed by atoms with Gasteiger partial charge in [-0.25, -0.2) is 0 Å². The number of hydrogen-bond acceptors (Lipinski definition) is 5. The first-order chi connectivity index (χ1) is 8.66. The molecule has 0 radical (unpaired) electrons. The van der Waals surface area contributed by atoms with Crippen LogP contribution in [0.15, 0.2) is 0 Å². The van der Waals surface area contributed by atoms with Crippen molar-refractivity contribution in [3.05, 3.63) is 0 Å². The summed E-state index contributed by atoms with van der Waals surface area (Å²) in [6, 6.07) is 0. The molecule has 0 aromatic heterocycles. The van der Waals surface area contributed by atoms with Gasteiger partial charge in [-0.05, 0) is 0 Å². The Labute approximate surface area is 157 Å². The predicted octanol–water partition coefficient (Wildman–Crippen LogP) is 0.773. The van der Waals surface area contributed by atoms with Crippen molar-refractivity contribution in [2.45, 2.75) is 0 Å². The topological polar surface area (TPSA) is 186 Å². The Morgan fingerprint density at radius 2 is 0.429 bits per heavy atom. The molecule has 0 aromatic rings. The van der Waals surface area contributed by atoms with Crippen molar-refractivity contribution in [2.75, 3.05) is 0 Å². The average Bonchev–Trinajstić information content (AvgIpc) is 1.94. The van der Waals surface area contributed by atoms with E-state index < -0.39 is 41.7 Å². The predicted molar refractivity (Wildman–Crippen MR) is 70.2 cm³/mol. The molecule has 0 saturated carbocycles. The second-order valence-corrected chi connectivity index (χ2v) is 3.79. The van der Waals surface area contributed by atoms with Gasteiger partial charge in [-0.15, -0.1) is 0 Å². The number of hydrogen-bond donors (Lipinski definition) is 5. The van der Waals surface area contributed by atoms with Crippen LogP contribution < -0.4 is 0 Å². The molecule has 0 fully saturated rings. The first kappa shape index (κ1) is 38.6. The van der Waals surface area contributed by atoms with E-state index in [9.17, 15) is 21.0 Å². The first-order valence-electron chi connectivity index (χ1n) is 3.08. The quantitative estimate of drug-likeness (QED) is 0.161. The van der Waals surface area contributed by atoms with Crippen LogP contribution in [-0.2, 0) is 22.8 Å². The Balaban J connectivity index is -0.0000000331. The summed E-state index contributed by atoms with van der Waals surface area (Å²) in [5, 5.41) is 0. The number of halogens is 5. The van der Waals surface area contributed by atoms with Crippen LogP contribution in [0.5, 0.6) is 0 Å². The van der Waals surface area contributed by atoms with E-state index in [0.29, 0.717) is 0 Å². The van der Waals surface area contributed by atoms with Gasteiger partial charge in [0, 0.05) is 0 Å². The van der Waals surface area contributed by atoms with Gasteiger partial charge < -0.3 is 24.5 Å². The van der Waals surface area contributed by atoms with Crippen LogP contribution in [0.2, 0.25) is 0 Å². The normalized spacial score (nSPS) is 14.8. The summed E-state index contributed by atoms with van der Waals surface area (Å²) in [6.45, 7) is 0. The van der Waals surface area contributed by atoms with Gasteiger partial charge in [-0.1, -0.05) is 0 Å². The minimum atomic E-state index is -3.63. The van der Waals surface area contributed by atoms with E-state index in [4.69, 9.17) is 47.3 Å². The third kappa shape index (κ3) is 1910. The van der Waals surface area contributed by atoms with Gasteiger partial charge in [0.25, 0.3) is 0 Å². The van der Waals surface area contributed by atoms with E-state index in [1.54, 1.807) is 0 Å². The van der Waals surface area contributed by atoms with E-state index in [0.717, 1.165) is 0 Å². The SMILES string of the molecule is O=[PH](O)F.O=[PH](O)F.O=[PH](O)F.O=[PH](O)F.O=[PH](O)F.[BaH2]. The molecular formula is H12BaF5O10P5. The van der Waals surface area contributed by atoms with Crippen molar-refractivity contribution in [1.29, 1.82) is 0 Å². The maximum absolute atomic E-state index is 10.1. The van der Waals surface area contributed by atoms with E-state index in [2.05, 4.69) is 0 Å². The van der Waals surface area contributed by atoms with E-state index >= 15 is 0 Å². The zero-order valence-electron chi connectivity index (χ0n) is 8.67. The molecule has 5 N–H and O–H groups in total. The molecule has 134 valence electrons. The molecule has 0 aliphatic rings. The van der Waals surface area contributed by atoms with Crippen molar-refractivity contribution in [2.24, 2.45) is 0 Å². The molecule has 0 saturated heterocycles. The van der Waals surface area contributed by atoms with Crippen LogP contribution in [0.1, 0.15) is 0 Å². The maximum atomic E-state index is 10.1. The fourth-order valence-corrected chi connectivity index (χ4v) is 0. The van der Waals surface area contributed by atoms with Gasteiger partial charge >= 0.3 is 90.6 Å². The monoisotopic (exact) mass is 560 g/mol. The summed E-state index contributed by atoms with van der Waals surface area (Å²) in [4.78, 5) is 34.7. The molecule has 10 nitrogen and oxygen atoms in total. The van der Waals surface area contributed by atoms with Crippen LogP contribution in [0.3, 0.4) is 0 Å². The van der Waals surface area contributed by atoms with Gasteiger partial charge in [-0.2, -0.15) is 21.0 Å². The van der Waals surface area contributed by atoms with Gasteiger partial charge in [0.2, 0.25) is 0 Å². The van der Waals surface area contributed by atoms with Crippen molar-refractivity contribution in [3.8, 4) is 0 Å². The van der Waals surface area contributed by atoms with Gasteiger partial charge in [0.1, 0.15) is 0 Å². The molecule has 0 rings (SSSR count). The molecule has 0 heterocycles. The zero-order valence-corrected chi connectivity index (χ0v) is 13.7. The summed E-state index contributed by atoms with van der Waals surface area (Å²) in [5.41, 5.74) is 0. The molecule has 0 aliphatic carbocycles. The number of rotatable bonds is 0. The van der Waals surface area contributed by atoms with Crippen molar-refractivity contribution < 1.29 is 68.3 Å². The second kappa shape index (κ2) is 33.7. The Morgan fingerprint density at radius 3 is 0.429 bits per heavy atom. The van der Waals surface area contributed by atoms with Crippen LogP contribution in [0.4, 0.5) is 21.0 Å². The minimum absolute atomic E-state index is 0. The van der Waals surface area contributed by atoms with E-state index in [-0.39, 0.29) is 48.9 Å². The van der Waals surface area contributed by atoms with Crippen molar-refractivity contribution in [1.82, 2.24) is 0 Å². The molecule has 0 amide bonds. The summed E-state index contributed by atoms with van der Waals surface area (Å²) >= 11 is 0. The molecule has 5 unspecified atom stereocenters. The summed E-state index contributed by atoms with van der Waals surface area (Å²) in [5.74, 6) is 0. The van der Waals surface area contributed by atoms with E-state index in [1.807, 2.05) is 0 Å². The molecule has 0 bridgehead atoms. The Bertz CT molecular complexity index is 221. The molecule has 0 spiro atoms. The van der Waals surface area contributed by atoms with Crippen molar-refractivity contribution >= 4 is 90.6 Å². The molecule has 5 atom stereocenters. The summed E-state index contributed by atoms with van der Waals surface area (Å²) in [7, 11) is -18.1. The fourth-order valence-electron chi connectivity index (χ4n) is 0. The van der Waals surface area contributed by atoms with Gasteiger partial charge in [0.05, 0.1) is 0 Å². The Morgan fingerprint density at radius 1 is 0.429 bits per heavy atom.